The first kappa shape index (κ1) is 21.3. The minimum Gasteiger partial charge on any atom is -0.478 e. The zero-order valence-corrected chi connectivity index (χ0v) is 17.1. The summed E-state index contributed by atoms with van der Waals surface area (Å²) in [4.78, 5) is 11.5. The van der Waals surface area contributed by atoms with Crippen LogP contribution in [-0.2, 0) is 16.1 Å². The van der Waals surface area contributed by atoms with Gasteiger partial charge in [0.1, 0.15) is 0 Å². The monoisotopic (exact) mass is 389 g/mol. The third-order valence-electron chi connectivity index (χ3n) is 6.12. The fraction of sp³-hybridized carbons (Fsp3) is 0.696. The van der Waals surface area contributed by atoms with Crippen molar-refractivity contribution < 1.29 is 19.4 Å². The molecule has 2 fully saturated rings. The van der Waals surface area contributed by atoms with E-state index in [1.165, 1.54) is 32.1 Å². The summed E-state index contributed by atoms with van der Waals surface area (Å²) in [5.41, 5.74) is 1.91. The maximum absolute atomic E-state index is 11.5. The summed E-state index contributed by atoms with van der Waals surface area (Å²) < 4.78 is 12.2. The van der Waals surface area contributed by atoms with E-state index in [-0.39, 0.29) is 12.2 Å². The average Bonchev–Trinajstić information content (AvgIpc) is 2.70. The number of hydrogen-bond donors (Lipinski definition) is 2. The van der Waals surface area contributed by atoms with Gasteiger partial charge in [-0.3, -0.25) is 0 Å². The van der Waals surface area contributed by atoms with E-state index < -0.39 is 5.97 Å². The Morgan fingerprint density at radius 2 is 1.82 bits per heavy atom. The third-order valence-corrected chi connectivity index (χ3v) is 6.12. The predicted octanol–water partition coefficient (Wildman–Crippen LogP) is 4.46. The highest BCUT2D eigenvalue weighted by molar-refractivity contribution is 5.91. The number of nitrogens with one attached hydrogen (secondary N) is 1. The van der Waals surface area contributed by atoms with Crippen LogP contribution < -0.4 is 5.32 Å². The second-order valence-electron chi connectivity index (χ2n) is 8.30. The number of rotatable bonds is 9. The summed E-state index contributed by atoms with van der Waals surface area (Å²) in [5.74, 6) is -0.882. The quantitative estimate of drug-likeness (QED) is 0.610. The van der Waals surface area contributed by atoms with Crippen LogP contribution in [0.3, 0.4) is 0 Å². The molecule has 0 aromatic heterocycles. The summed E-state index contributed by atoms with van der Waals surface area (Å²) in [6, 6.07) is 6.26. The lowest BCUT2D eigenvalue weighted by Crippen LogP contribution is -2.35. The van der Waals surface area contributed by atoms with Gasteiger partial charge >= 0.3 is 5.97 Å². The van der Waals surface area contributed by atoms with Crippen molar-refractivity contribution in [2.75, 3.05) is 13.2 Å². The number of carbonyl (C=O) groups is 1. The van der Waals surface area contributed by atoms with E-state index in [1.807, 2.05) is 25.1 Å². The maximum atomic E-state index is 11.5. The fourth-order valence-electron chi connectivity index (χ4n) is 4.56. The lowest BCUT2D eigenvalue weighted by atomic mass is 9.94. The van der Waals surface area contributed by atoms with Crippen LogP contribution in [0, 0.1) is 6.92 Å². The molecule has 5 heteroatoms. The van der Waals surface area contributed by atoms with Gasteiger partial charge in [-0.1, -0.05) is 37.5 Å². The van der Waals surface area contributed by atoms with Crippen LogP contribution in [-0.4, -0.2) is 42.5 Å². The van der Waals surface area contributed by atoms with Crippen molar-refractivity contribution >= 4 is 5.97 Å². The first-order valence-electron chi connectivity index (χ1n) is 10.9. The van der Waals surface area contributed by atoms with Gasteiger partial charge in [-0.05, 0) is 56.6 Å². The topological polar surface area (TPSA) is 67.8 Å². The van der Waals surface area contributed by atoms with Crippen LogP contribution in [0.15, 0.2) is 18.2 Å². The van der Waals surface area contributed by atoms with Crippen LogP contribution in [0.1, 0.15) is 79.3 Å². The third kappa shape index (κ3) is 6.29. The van der Waals surface area contributed by atoms with Crippen molar-refractivity contribution in [2.45, 2.75) is 89.6 Å². The molecule has 5 nitrogen and oxygen atoms in total. The Bertz CT molecular complexity index is 627. The van der Waals surface area contributed by atoms with Gasteiger partial charge in [0.15, 0.2) is 0 Å². The summed E-state index contributed by atoms with van der Waals surface area (Å²) in [7, 11) is 0. The van der Waals surface area contributed by atoms with Gasteiger partial charge in [-0.2, -0.15) is 0 Å². The lowest BCUT2D eigenvalue weighted by molar-refractivity contribution is -0.0499. The number of aryl methyl sites for hydroxylation is 1. The Hall–Kier alpha value is -1.43. The Labute approximate surface area is 168 Å². The lowest BCUT2D eigenvalue weighted by Gasteiger charge is -2.30. The second kappa shape index (κ2) is 10.9. The van der Waals surface area contributed by atoms with Gasteiger partial charge in [-0.25, -0.2) is 4.79 Å². The van der Waals surface area contributed by atoms with Crippen molar-refractivity contribution in [2.24, 2.45) is 0 Å². The Kier molecular flexibility index (Phi) is 8.31. The molecule has 2 aliphatic rings. The van der Waals surface area contributed by atoms with Gasteiger partial charge in [0.25, 0.3) is 0 Å². The normalized spacial score (nSPS) is 23.6. The number of carboxylic acids is 1. The minimum atomic E-state index is -0.882. The molecule has 0 spiro atoms. The van der Waals surface area contributed by atoms with Crippen molar-refractivity contribution in [3.05, 3.63) is 34.9 Å². The van der Waals surface area contributed by atoms with E-state index in [4.69, 9.17) is 9.47 Å². The van der Waals surface area contributed by atoms with Gasteiger partial charge in [0, 0.05) is 12.6 Å². The molecule has 2 aliphatic carbocycles. The number of benzene rings is 1. The molecule has 1 aromatic rings. The number of carboxylic acid groups (broad SMARTS) is 1. The largest absolute Gasteiger partial charge is 0.478 e. The molecule has 3 rings (SSSR count). The van der Waals surface area contributed by atoms with Gasteiger partial charge in [-0.15, -0.1) is 0 Å². The summed E-state index contributed by atoms with van der Waals surface area (Å²) >= 11 is 0. The van der Waals surface area contributed by atoms with E-state index in [9.17, 15) is 9.90 Å². The van der Waals surface area contributed by atoms with E-state index in [1.54, 1.807) is 0 Å². The van der Waals surface area contributed by atoms with Crippen molar-refractivity contribution in [3.63, 3.8) is 0 Å². The molecule has 156 valence electrons. The number of ether oxygens (including phenoxy) is 2. The van der Waals surface area contributed by atoms with E-state index >= 15 is 0 Å². The fourth-order valence-corrected chi connectivity index (χ4v) is 4.56. The standard InChI is InChI=1S/C23H35NO4/c1-17-7-5-8-18(22(17)23(25)26)16-28-21-12-6-11-20(15-21)27-14-13-24-19-9-3-2-4-10-19/h5,7-8,19-21,24H,2-4,6,9-16H2,1H3,(H,25,26)/t20-,21+/m0/s1. The highest BCUT2D eigenvalue weighted by Crippen LogP contribution is 2.25. The first-order chi connectivity index (χ1) is 13.6. The smallest absolute Gasteiger partial charge is 0.336 e. The Morgan fingerprint density at radius 1 is 1.07 bits per heavy atom. The molecule has 28 heavy (non-hydrogen) atoms. The Morgan fingerprint density at radius 3 is 2.57 bits per heavy atom. The van der Waals surface area contributed by atoms with Gasteiger partial charge in [0.05, 0.1) is 31.0 Å². The molecule has 1 aromatic carbocycles. The molecule has 2 N–H and O–H groups in total. The van der Waals surface area contributed by atoms with E-state index in [0.717, 1.165) is 50.0 Å². The predicted molar refractivity (Wildman–Crippen MR) is 110 cm³/mol. The molecule has 0 unspecified atom stereocenters. The van der Waals surface area contributed by atoms with E-state index in [2.05, 4.69) is 5.32 Å². The van der Waals surface area contributed by atoms with Crippen LogP contribution >= 0.6 is 0 Å². The minimum absolute atomic E-state index is 0.146. The summed E-state index contributed by atoms with van der Waals surface area (Å²) in [6.45, 7) is 3.87. The van der Waals surface area contributed by atoms with Gasteiger partial charge < -0.3 is 19.9 Å². The zero-order chi connectivity index (χ0) is 19.8. The van der Waals surface area contributed by atoms with Crippen LogP contribution in [0.4, 0.5) is 0 Å². The van der Waals surface area contributed by atoms with Crippen molar-refractivity contribution in [1.82, 2.24) is 5.32 Å². The van der Waals surface area contributed by atoms with Crippen LogP contribution in [0.2, 0.25) is 0 Å². The molecule has 2 saturated carbocycles. The summed E-state index contributed by atoms with van der Waals surface area (Å²) in [5, 5.41) is 13.1. The zero-order valence-electron chi connectivity index (χ0n) is 17.1. The molecule has 0 aliphatic heterocycles. The number of aromatic carboxylic acids is 1. The Balaban J connectivity index is 1.39. The molecule has 0 bridgehead atoms. The average molecular weight is 390 g/mol. The molecule has 0 amide bonds. The first-order valence-corrected chi connectivity index (χ1v) is 10.9. The van der Waals surface area contributed by atoms with Crippen LogP contribution in [0.25, 0.3) is 0 Å². The molecule has 2 atom stereocenters. The molecular formula is C23H35NO4. The van der Waals surface area contributed by atoms with Gasteiger partial charge in [0.2, 0.25) is 0 Å². The SMILES string of the molecule is Cc1cccc(CO[C@@H]2CCC[C@H](OCCNC3CCCCC3)C2)c1C(=O)O. The second-order valence-corrected chi connectivity index (χ2v) is 8.30. The van der Waals surface area contributed by atoms with Crippen molar-refractivity contribution in [3.8, 4) is 0 Å². The molecule has 0 heterocycles. The van der Waals surface area contributed by atoms with E-state index in [0.29, 0.717) is 18.2 Å². The highest BCUT2D eigenvalue weighted by atomic mass is 16.5. The molecule has 0 radical (unpaired) electrons. The molecule has 0 saturated heterocycles. The maximum Gasteiger partial charge on any atom is 0.336 e. The summed E-state index contributed by atoms with van der Waals surface area (Å²) in [6.07, 6.45) is 11.2. The highest BCUT2D eigenvalue weighted by Gasteiger charge is 2.24. The van der Waals surface area contributed by atoms with Crippen LogP contribution in [0.5, 0.6) is 0 Å². The molecular weight excluding hydrogens is 354 g/mol. The number of hydrogen-bond acceptors (Lipinski definition) is 4. The van der Waals surface area contributed by atoms with Crippen molar-refractivity contribution in [1.29, 1.82) is 0 Å².